The van der Waals surface area contributed by atoms with Gasteiger partial charge in [0.15, 0.2) is 0 Å². The summed E-state index contributed by atoms with van der Waals surface area (Å²) < 4.78 is 5.78. The Morgan fingerprint density at radius 2 is 1.94 bits per heavy atom. The Hall–Kier alpha value is -1.51. The van der Waals surface area contributed by atoms with E-state index in [1.165, 1.54) is 6.42 Å². The molecule has 2 rings (SSSR count). The van der Waals surface area contributed by atoms with E-state index < -0.39 is 5.97 Å². The Bertz CT molecular complexity index is 416. The molecule has 98 valence electrons. The van der Waals surface area contributed by atoms with Crippen molar-refractivity contribution in [2.75, 3.05) is 0 Å². The lowest BCUT2D eigenvalue weighted by Gasteiger charge is -2.27. The van der Waals surface area contributed by atoms with Crippen LogP contribution in [0.15, 0.2) is 24.3 Å². The van der Waals surface area contributed by atoms with Crippen LogP contribution in [0.5, 0.6) is 5.75 Å². The van der Waals surface area contributed by atoms with Gasteiger partial charge in [-0.3, -0.25) is 4.79 Å². The average Bonchev–Trinajstić information content (AvgIpc) is 2.22. The van der Waals surface area contributed by atoms with E-state index in [2.05, 4.69) is 0 Å². The van der Waals surface area contributed by atoms with Gasteiger partial charge in [-0.2, -0.15) is 0 Å². The molecule has 0 atom stereocenters. The monoisotopic (exact) mass is 248 g/mol. The van der Waals surface area contributed by atoms with E-state index in [9.17, 15) is 4.79 Å². The van der Waals surface area contributed by atoms with Crippen molar-refractivity contribution >= 4 is 5.97 Å². The molecule has 3 nitrogen and oxygen atoms in total. The first-order valence-corrected chi connectivity index (χ1v) is 6.46. The lowest BCUT2D eigenvalue weighted by Crippen LogP contribution is -2.24. The zero-order valence-corrected chi connectivity index (χ0v) is 11.0. The number of hydrogen-bond acceptors (Lipinski definition) is 2. The number of aliphatic carboxylic acids is 1. The molecule has 1 aromatic carbocycles. The SMILES string of the molecule is CC(C)(CC(=O)O)c1ccc(OC2CCC2)cc1. The van der Waals surface area contributed by atoms with Crippen LogP contribution in [0, 0.1) is 0 Å². The third-order valence-corrected chi connectivity index (χ3v) is 3.58. The number of rotatable bonds is 5. The van der Waals surface area contributed by atoms with E-state index in [1.807, 2.05) is 38.1 Å². The quantitative estimate of drug-likeness (QED) is 0.869. The Kier molecular flexibility index (Phi) is 3.60. The lowest BCUT2D eigenvalue weighted by atomic mass is 9.81. The van der Waals surface area contributed by atoms with Crippen LogP contribution in [0.4, 0.5) is 0 Å². The summed E-state index contributed by atoms with van der Waals surface area (Å²) in [4.78, 5) is 10.8. The van der Waals surface area contributed by atoms with E-state index in [0.717, 1.165) is 24.2 Å². The molecule has 1 aliphatic carbocycles. The molecule has 0 aliphatic heterocycles. The van der Waals surface area contributed by atoms with Gasteiger partial charge in [-0.05, 0) is 37.0 Å². The molecule has 1 fully saturated rings. The highest BCUT2D eigenvalue weighted by Gasteiger charge is 2.24. The fourth-order valence-corrected chi connectivity index (χ4v) is 2.15. The summed E-state index contributed by atoms with van der Waals surface area (Å²) in [5.41, 5.74) is 0.687. The van der Waals surface area contributed by atoms with Crippen LogP contribution >= 0.6 is 0 Å². The number of hydrogen-bond donors (Lipinski definition) is 1. The van der Waals surface area contributed by atoms with Gasteiger partial charge < -0.3 is 9.84 Å². The Labute approximate surface area is 108 Å². The zero-order valence-electron chi connectivity index (χ0n) is 11.0. The molecule has 0 radical (unpaired) electrons. The highest BCUT2D eigenvalue weighted by molar-refractivity contribution is 5.68. The van der Waals surface area contributed by atoms with Crippen molar-refractivity contribution < 1.29 is 14.6 Å². The number of benzene rings is 1. The molecule has 1 N–H and O–H groups in total. The van der Waals surface area contributed by atoms with Gasteiger partial charge in [-0.1, -0.05) is 26.0 Å². The van der Waals surface area contributed by atoms with Crippen molar-refractivity contribution in [3.8, 4) is 5.75 Å². The topological polar surface area (TPSA) is 46.5 Å². The predicted molar refractivity (Wildman–Crippen MR) is 70.0 cm³/mol. The second-order valence-electron chi connectivity index (χ2n) is 5.65. The highest BCUT2D eigenvalue weighted by Crippen LogP contribution is 2.30. The normalized spacial score (nSPS) is 16.1. The second-order valence-corrected chi connectivity index (χ2v) is 5.65. The first kappa shape index (κ1) is 12.9. The van der Waals surface area contributed by atoms with Crippen molar-refractivity contribution in [3.63, 3.8) is 0 Å². The maximum Gasteiger partial charge on any atom is 0.304 e. The highest BCUT2D eigenvalue weighted by atomic mass is 16.5. The van der Waals surface area contributed by atoms with Gasteiger partial charge >= 0.3 is 5.97 Å². The third-order valence-electron chi connectivity index (χ3n) is 3.58. The number of carboxylic acid groups (broad SMARTS) is 1. The molecule has 1 aliphatic rings. The third kappa shape index (κ3) is 3.03. The Morgan fingerprint density at radius 3 is 2.39 bits per heavy atom. The molecule has 0 heterocycles. The van der Waals surface area contributed by atoms with Gasteiger partial charge in [0.25, 0.3) is 0 Å². The van der Waals surface area contributed by atoms with Crippen LogP contribution in [0.2, 0.25) is 0 Å². The zero-order chi connectivity index (χ0) is 13.2. The van der Waals surface area contributed by atoms with Gasteiger partial charge in [-0.25, -0.2) is 0 Å². The van der Waals surface area contributed by atoms with Gasteiger partial charge in [0.1, 0.15) is 5.75 Å². The molecule has 0 saturated heterocycles. The van der Waals surface area contributed by atoms with E-state index >= 15 is 0 Å². The van der Waals surface area contributed by atoms with Crippen LogP contribution in [-0.2, 0) is 10.2 Å². The minimum atomic E-state index is -0.769. The van der Waals surface area contributed by atoms with Crippen LogP contribution in [0.3, 0.4) is 0 Å². The van der Waals surface area contributed by atoms with Gasteiger partial charge in [-0.15, -0.1) is 0 Å². The smallest absolute Gasteiger partial charge is 0.304 e. The van der Waals surface area contributed by atoms with E-state index in [1.54, 1.807) is 0 Å². The second kappa shape index (κ2) is 5.01. The van der Waals surface area contributed by atoms with Gasteiger partial charge in [0, 0.05) is 5.41 Å². The van der Waals surface area contributed by atoms with Gasteiger partial charge in [0.2, 0.25) is 0 Å². The minimum absolute atomic E-state index is 0.135. The first-order chi connectivity index (χ1) is 8.47. The largest absolute Gasteiger partial charge is 0.490 e. The standard InChI is InChI=1S/C15H20O3/c1-15(2,10-14(16)17)11-6-8-13(9-7-11)18-12-4-3-5-12/h6-9,12H,3-5,10H2,1-2H3,(H,16,17). The lowest BCUT2D eigenvalue weighted by molar-refractivity contribution is -0.138. The summed E-state index contributed by atoms with van der Waals surface area (Å²) in [7, 11) is 0. The average molecular weight is 248 g/mol. The molecule has 1 aromatic rings. The van der Waals surface area contributed by atoms with Crippen molar-refractivity contribution in [3.05, 3.63) is 29.8 Å². The summed E-state index contributed by atoms with van der Waals surface area (Å²) >= 11 is 0. The van der Waals surface area contributed by atoms with Crippen molar-refractivity contribution in [2.45, 2.75) is 51.0 Å². The van der Waals surface area contributed by atoms with E-state index in [0.29, 0.717) is 6.10 Å². The predicted octanol–water partition coefficient (Wildman–Crippen LogP) is 3.37. The Morgan fingerprint density at radius 1 is 1.33 bits per heavy atom. The van der Waals surface area contributed by atoms with Crippen LogP contribution in [-0.4, -0.2) is 17.2 Å². The number of ether oxygens (including phenoxy) is 1. The maximum absolute atomic E-state index is 10.8. The maximum atomic E-state index is 10.8. The van der Waals surface area contributed by atoms with Crippen LogP contribution < -0.4 is 4.74 Å². The summed E-state index contributed by atoms with van der Waals surface area (Å²) in [5.74, 6) is 0.115. The molecular weight excluding hydrogens is 228 g/mol. The van der Waals surface area contributed by atoms with Crippen molar-refractivity contribution in [1.82, 2.24) is 0 Å². The molecule has 18 heavy (non-hydrogen) atoms. The summed E-state index contributed by atoms with van der Waals surface area (Å²) in [5, 5.41) is 8.90. The molecule has 0 unspecified atom stereocenters. The molecule has 0 bridgehead atoms. The Balaban J connectivity index is 2.03. The summed E-state index contributed by atoms with van der Waals surface area (Å²) in [6, 6.07) is 7.82. The number of carbonyl (C=O) groups is 1. The van der Waals surface area contributed by atoms with Crippen molar-refractivity contribution in [1.29, 1.82) is 0 Å². The van der Waals surface area contributed by atoms with E-state index in [-0.39, 0.29) is 11.8 Å². The molecule has 0 aromatic heterocycles. The van der Waals surface area contributed by atoms with Crippen molar-refractivity contribution in [2.24, 2.45) is 0 Å². The minimum Gasteiger partial charge on any atom is -0.490 e. The number of carboxylic acids is 1. The molecule has 1 saturated carbocycles. The van der Waals surface area contributed by atoms with Crippen LogP contribution in [0.1, 0.15) is 45.1 Å². The summed E-state index contributed by atoms with van der Waals surface area (Å²) in [6.07, 6.45) is 4.06. The van der Waals surface area contributed by atoms with Gasteiger partial charge in [0.05, 0.1) is 12.5 Å². The molecular formula is C15H20O3. The fraction of sp³-hybridized carbons (Fsp3) is 0.533. The van der Waals surface area contributed by atoms with Crippen LogP contribution in [0.25, 0.3) is 0 Å². The first-order valence-electron chi connectivity index (χ1n) is 6.46. The van der Waals surface area contributed by atoms with E-state index in [4.69, 9.17) is 9.84 Å². The molecule has 3 heteroatoms. The molecule has 0 amide bonds. The molecule has 0 spiro atoms. The fourth-order valence-electron chi connectivity index (χ4n) is 2.15. The summed E-state index contributed by atoms with van der Waals surface area (Å²) in [6.45, 7) is 3.89.